The van der Waals surface area contributed by atoms with Gasteiger partial charge in [0.2, 0.25) is 0 Å². The number of hydrogen-bond donors (Lipinski definition) is 1. The smallest absolute Gasteiger partial charge is 0.159 e. The van der Waals surface area contributed by atoms with Crippen LogP contribution in [0.4, 0.5) is 0 Å². The van der Waals surface area contributed by atoms with Crippen molar-refractivity contribution >= 4 is 18.3 Å². The number of aromatic nitrogens is 3. The van der Waals surface area contributed by atoms with E-state index in [0.717, 1.165) is 39.1 Å². The maximum atomic E-state index is 4.79. The Bertz CT molecular complexity index is 881. The van der Waals surface area contributed by atoms with Crippen molar-refractivity contribution in [1.29, 1.82) is 0 Å². The number of aliphatic imine (C=N–C) groups is 1. The van der Waals surface area contributed by atoms with Crippen molar-refractivity contribution in [2.24, 2.45) is 4.99 Å². The van der Waals surface area contributed by atoms with Gasteiger partial charge in [0.1, 0.15) is 12.4 Å². The normalized spacial score (nSPS) is 13.1. The highest BCUT2D eigenvalue weighted by molar-refractivity contribution is 7.80. The van der Waals surface area contributed by atoms with Gasteiger partial charge in [0.25, 0.3) is 0 Å². The fourth-order valence-corrected chi connectivity index (χ4v) is 3.01. The molecule has 1 aromatic heterocycles. The van der Waals surface area contributed by atoms with Crippen LogP contribution in [0.3, 0.4) is 0 Å². The molecule has 0 aliphatic carbocycles. The van der Waals surface area contributed by atoms with Crippen LogP contribution in [0.5, 0.6) is 0 Å². The van der Waals surface area contributed by atoms with Crippen LogP contribution in [-0.2, 0) is 6.54 Å². The van der Waals surface area contributed by atoms with E-state index in [-0.39, 0.29) is 0 Å². The molecule has 0 saturated heterocycles. The lowest BCUT2D eigenvalue weighted by Gasteiger charge is -2.13. The molecule has 2 heterocycles. The predicted molar refractivity (Wildman–Crippen MR) is 89.1 cm³/mol. The Morgan fingerprint density at radius 2 is 1.86 bits per heavy atom. The SMILES string of the molecule is Cc1nnc2n1-c1ccc(S)cc1C(c1ccccc1)=NC2. The van der Waals surface area contributed by atoms with Gasteiger partial charge in [0.15, 0.2) is 5.82 Å². The van der Waals surface area contributed by atoms with Crippen molar-refractivity contribution in [3.63, 3.8) is 0 Å². The molecule has 5 heteroatoms. The van der Waals surface area contributed by atoms with Gasteiger partial charge in [-0.3, -0.25) is 9.56 Å². The first kappa shape index (κ1) is 13.3. The van der Waals surface area contributed by atoms with Crippen molar-refractivity contribution in [3.8, 4) is 5.69 Å². The maximum Gasteiger partial charge on any atom is 0.159 e. The van der Waals surface area contributed by atoms with E-state index in [0.29, 0.717) is 6.54 Å². The first-order chi connectivity index (χ1) is 10.7. The van der Waals surface area contributed by atoms with Gasteiger partial charge in [-0.2, -0.15) is 0 Å². The lowest BCUT2D eigenvalue weighted by molar-refractivity contribution is 0.861. The lowest BCUT2D eigenvalue weighted by atomic mass is 10.0. The second kappa shape index (κ2) is 5.10. The summed E-state index contributed by atoms with van der Waals surface area (Å²) in [5, 5.41) is 8.44. The van der Waals surface area contributed by atoms with E-state index in [1.165, 1.54) is 0 Å². The number of aryl methyl sites for hydroxylation is 1. The molecule has 0 N–H and O–H groups in total. The van der Waals surface area contributed by atoms with Crippen LogP contribution in [0.25, 0.3) is 5.69 Å². The quantitative estimate of drug-likeness (QED) is 0.702. The molecule has 108 valence electrons. The summed E-state index contributed by atoms with van der Waals surface area (Å²) in [7, 11) is 0. The highest BCUT2D eigenvalue weighted by atomic mass is 32.1. The molecule has 1 aliphatic rings. The van der Waals surface area contributed by atoms with Gasteiger partial charge in [-0.1, -0.05) is 30.3 Å². The predicted octanol–water partition coefficient (Wildman–Crippen LogP) is 3.22. The second-order valence-corrected chi connectivity index (χ2v) is 5.75. The van der Waals surface area contributed by atoms with Gasteiger partial charge in [-0.05, 0) is 25.1 Å². The first-order valence-electron chi connectivity index (χ1n) is 7.08. The van der Waals surface area contributed by atoms with Crippen LogP contribution in [0.1, 0.15) is 22.8 Å². The summed E-state index contributed by atoms with van der Waals surface area (Å²) in [5.74, 6) is 1.73. The molecular formula is C17H14N4S. The summed E-state index contributed by atoms with van der Waals surface area (Å²) < 4.78 is 2.07. The number of fused-ring (bicyclic) bond motifs is 3. The largest absolute Gasteiger partial charge is 0.281 e. The Balaban J connectivity index is 2.01. The van der Waals surface area contributed by atoms with Gasteiger partial charge < -0.3 is 0 Å². The van der Waals surface area contributed by atoms with Crippen LogP contribution < -0.4 is 0 Å². The highest BCUT2D eigenvalue weighted by Crippen LogP contribution is 2.27. The minimum Gasteiger partial charge on any atom is -0.281 e. The van der Waals surface area contributed by atoms with E-state index >= 15 is 0 Å². The number of hydrogen-bond acceptors (Lipinski definition) is 4. The molecule has 0 saturated carbocycles. The van der Waals surface area contributed by atoms with E-state index in [4.69, 9.17) is 4.99 Å². The van der Waals surface area contributed by atoms with E-state index in [1.54, 1.807) is 0 Å². The van der Waals surface area contributed by atoms with E-state index in [1.807, 2.05) is 31.2 Å². The van der Waals surface area contributed by atoms with E-state index in [9.17, 15) is 0 Å². The average molecular weight is 306 g/mol. The molecule has 1 aliphatic heterocycles. The Morgan fingerprint density at radius 3 is 2.68 bits per heavy atom. The summed E-state index contributed by atoms with van der Waals surface area (Å²) in [4.78, 5) is 5.70. The molecule has 22 heavy (non-hydrogen) atoms. The molecule has 4 nitrogen and oxygen atoms in total. The Labute approximate surface area is 134 Å². The van der Waals surface area contributed by atoms with Gasteiger partial charge in [-0.25, -0.2) is 0 Å². The van der Waals surface area contributed by atoms with Crippen LogP contribution in [0.15, 0.2) is 58.4 Å². The Morgan fingerprint density at radius 1 is 1.05 bits per heavy atom. The first-order valence-corrected chi connectivity index (χ1v) is 7.53. The van der Waals surface area contributed by atoms with E-state index < -0.39 is 0 Å². The van der Waals surface area contributed by atoms with Crippen molar-refractivity contribution < 1.29 is 0 Å². The molecule has 0 amide bonds. The molecule has 2 aromatic carbocycles. The van der Waals surface area contributed by atoms with Gasteiger partial charge >= 0.3 is 0 Å². The maximum absolute atomic E-state index is 4.79. The molecule has 3 aromatic rings. The van der Waals surface area contributed by atoms with E-state index in [2.05, 4.69) is 51.7 Å². The Hall–Kier alpha value is -2.40. The molecule has 0 bridgehead atoms. The Kier molecular flexibility index (Phi) is 3.08. The molecule has 0 fully saturated rings. The van der Waals surface area contributed by atoms with Crippen molar-refractivity contribution in [2.45, 2.75) is 18.4 Å². The van der Waals surface area contributed by atoms with Gasteiger partial charge in [0.05, 0.1) is 11.4 Å². The monoisotopic (exact) mass is 306 g/mol. The standard InChI is InChI=1S/C17H14N4S/c1-11-19-20-16-10-18-17(12-5-3-2-4-6-12)14-9-13(22)7-8-15(14)21(11)16/h2-9,22H,10H2,1H3. The van der Waals surface area contributed by atoms with Gasteiger partial charge in [-0.15, -0.1) is 22.8 Å². The summed E-state index contributed by atoms with van der Waals surface area (Å²) in [5.41, 5.74) is 4.17. The lowest BCUT2D eigenvalue weighted by Crippen LogP contribution is -2.08. The van der Waals surface area contributed by atoms with Crippen LogP contribution in [0.2, 0.25) is 0 Å². The summed E-state index contributed by atoms with van der Waals surface area (Å²) in [6.45, 7) is 2.48. The average Bonchev–Trinajstić information content (AvgIpc) is 2.82. The fraction of sp³-hybridized carbons (Fsp3) is 0.118. The minimum absolute atomic E-state index is 0.516. The summed E-state index contributed by atoms with van der Waals surface area (Å²) in [6, 6.07) is 16.3. The molecule has 0 atom stereocenters. The minimum atomic E-state index is 0.516. The third-order valence-corrected chi connectivity index (χ3v) is 4.07. The van der Waals surface area contributed by atoms with Crippen molar-refractivity contribution in [1.82, 2.24) is 14.8 Å². The van der Waals surface area contributed by atoms with Crippen molar-refractivity contribution in [2.75, 3.05) is 0 Å². The number of benzene rings is 2. The third kappa shape index (κ3) is 2.05. The molecule has 0 spiro atoms. The highest BCUT2D eigenvalue weighted by Gasteiger charge is 2.21. The zero-order chi connectivity index (χ0) is 15.1. The van der Waals surface area contributed by atoms with Gasteiger partial charge in [0, 0.05) is 16.0 Å². The fourth-order valence-electron chi connectivity index (χ4n) is 2.81. The molecular weight excluding hydrogens is 292 g/mol. The van der Waals surface area contributed by atoms with Crippen LogP contribution in [0, 0.1) is 6.92 Å². The topological polar surface area (TPSA) is 43.1 Å². The zero-order valence-corrected chi connectivity index (χ0v) is 13.0. The molecule has 0 radical (unpaired) electrons. The second-order valence-electron chi connectivity index (χ2n) is 5.23. The molecule has 4 rings (SSSR count). The van der Waals surface area contributed by atoms with Crippen molar-refractivity contribution in [3.05, 3.63) is 71.3 Å². The zero-order valence-electron chi connectivity index (χ0n) is 12.1. The van der Waals surface area contributed by atoms with Crippen LogP contribution in [-0.4, -0.2) is 20.5 Å². The number of nitrogens with zero attached hydrogens (tertiary/aromatic N) is 4. The summed E-state index contributed by atoms with van der Waals surface area (Å²) in [6.07, 6.45) is 0. The van der Waals surface area contributed by atoms with Crippen LogP contribution >= 0.6 is 12.6 Å². The third-order valence-electron chi connectivity index (χ3n) is 3.79. The number of rotatable bonds is 1. The molecule has 0 unspecified atom stereocenters. The number of thiol groups is 1. The summed E-state index contributed by atoms with van der Waals surface area (Å²) >= 11 is 4.49.